The van der Waals surface area contributed by atoms with E-state index in [1.165, 1.54) is 59.1 Å². The quantitative estimate of drug-likeness (QED) is 0.0433. The average Bonchev–Trinajstić information content (AvgIpc) is 1.77. The fourth-order valence-electron chi connectivity index (χ4n) is 16.3. The van der Waals surface area contributed by atoms with Crippen molar-refractivity contribution in [3.63, 3.8) is 0 Å². The van der Waals surface area contributed by atoms with Crippen molar-refractivity contribution in [1.82, 2.24) is 44.3 Å². The topological polar surface area (TPSA) is 377 Å². The van der Waals surface area contributed by atoms with E-state index in [1.807, 2.05) is 62.9 Å². The van der Waals surface area contributed by atoms with Gasteiger partial charge in [-0.05, 0) is 174 Å². The van der Waals surface area contributed by atoms with Crippen LogP contribution in [0.4, 0.5) is 53.4 Å². The molecule has 3 amide bonds. The number of nitrogens with zero attached hydrogens (tertiary/aromatic N) is 14. The summed E-state index contributed by atoms with van der Waals surface area (Å²) in [5.74, 6) is -1.01. The molecule has 638 valence electrons. The number of hydrogen-bond acceptors (Lipinski definition) is 23. The number of nitrogen functional groups attached to an aromatic ring is 2. The number of rotatable bonds is 17. The van der Waals surface area contributed by atoms with E-state index in [9.17, 15) is 33.9 Å². The third-order valence-corrected chi connectivity index (χ3v) is 22.9. The van der Waals surface area contributed by atoms with E-state index >= 15 is 13.2 Å². The van der Waals surface area contributed by atoms with Crippen molar-refractivity contribution in [3.8, 4) is 50.6 Å². The Morgan fingerprint density at radius 2 is 0.865 bits per heavy atom. The Balaban J connectivity index is 0.000000139. The average molecular weight is 1700 g/mol. The summed E-state index contributed by atoms with van der Waals surface area (Å²) in [6.07, 6.45) is 23.5. The molecule has 12 aromatic rings. The van der Waals surface area contributed by atoms with E-state index < -0.39 is 47.1 Å². The van der Waals surface area contributed by atoms with Gasteiger partial charge in [-0.2, -0.15) is 15.3 Å². The second-order valence-electron chi connectivity index (χ2n) is 31.3. The van der Waals surface area contributed by atoms with Crippen LogP contribution in [-0.2, 0) is 72.9 Å². The van der Waals surface area contributed by atoms with Crippen molar-refractivity contribution >= 4 is 87.6 Å². The number of benzene rings is 6. The van der Waals surface area contributed by atoms with Crippen molar-refractivity contribution in [2.24, 2.45) is 31.1 Å². The standard InChI is InChI=1S/C32H28FN5O4.C30H26FN5O3.C26H25FN4O4.C5H6N2O.Li.H2O/c1-18(39)42-17-25-22(23-8-9-34-31-24(23)14-27(36-31)21-15-35-37(2)16-21)4-3-5-28(25)38-10-11-41-29-13-20(19-6-7-19)12-26(33)30(29)32(38)40;1-35-15-19(14-33-35)25-13-22-21(7-8-32-29(22)34-25)20-3-2-4-26(23(20)16-37)36-9-10-39-27-12-18(17-5-6-17)11-24(31)28(27)30(36)38;1-14(32)35-13-19-17(18-7-8-30-25(29)24(18)28)3-2-4-21(19)31-9-10-34-22-12-16(15-5-6-15)11-20(27)23(22)26(31)33;1-7-3-5(4-8)2-6-7;;/h3-5,8-9,12-13,15-16,19H,6-7,10-11,14,17H2,1-2H3;2-4,7-8,11-12,14-15,17,37H,5-6,9-10,13,16H2,1H3;2-4,7-8,11-12,15H,5-6,9-10,13,28H2,1H3,(H2,29,30);2-4H,1H3;;1H2/q;;;;+1;/p-1. The van der Waals surface area contributed by atoms with Crippen LogP contribution in [0.15, 0.2) is 175 Å². The number of fused-ring (bicyclic) bond motifs is 5. The van der Waals surface area contributed by atoms with Crippen molar-refractivity contribution in [2.75, 3.05) is 65.6 Å². The van der Waals surface area contributed by atoms with Crippen molar-refractivity contribution in [3.05, 3.63) is 260 Å². The van der Waals surface area contributed by atoms with Crippen molar-refractivity contribution < 1.29 is 95.1 Å². The summed E-state index contributed by atoms with van der Waals surface area (Å²) >= 11 is 0. The van der Waals surface area contributed by atoms with Gasteiger partial charge in [0, 0.05) is 130 Å². The number of halogens is 3. The van der Waals surface area contributed by atoms with Gasteiger partial charge in [-0.25, -0.2) is 38.1 Å². The van der Waals surface area contributed by atoms with Crippen molar-refractivity contribution in [1.29, 1.82) is 0 Å². The minimum Gasteiger partial charge on any atom is -0.870 e. The molecular weight excluding hydrogens is 1610 g/mol. The van der Waals surface area contributed by atoms with Crippen LogP contribution < -0.4 is 59.2 Å². The largest absolute Gasteiger partial charge is 1.00 e. The first-order valence-corrected chi connectivity index (χ1v) is 40.7. The van der Waals surface area contributed by atoms with Crippen LogP contribution in [0.1, 0.15) is 167 Å². The maximum Gasteiger partial charge on any atom is 1.00 e. The second-order valence-corrected chi connectivity index (χ2v) is 31.3. The van der Waals surface area contributed by atoms with Crippen LogP contribution in [0.3, 0.4) is 0 Å². The van der Waals surface area contributed by atoms with E-state index in [4.69, 9.17) is 45.1 Å². The van der Waals surface area contributed by atoms with Crippen LogP contribution in [0.2, 0.25) is 0 Å². The molecule has 6 aromatic heterocycles. The zero-order valence-corrected chi connectivity index (χ0v) is 69.9. The molecule has 20 rings (SSSR count). The number of hydrogen-bond donors (Lipinski definition) is 3. The first-order valence-electron chi connectivity index (χ1n) is 40.7. The summed E-state index contributed by atoms with van der Waals surface area (Å²) in [6.45, 7) is 3.33. The van der Waals surface area contributed by atoms with Gasteiger partial charge in [-0.15, -0.1) is 0 Å². The molecule has 6 N–H and O–H groups in total. The Hall–Kier alpha value is -13.9. The number of esters is 2. The van der Waals surface area contributed by atoms with Gasteiger partial charge in [0.15, 0.2) is 17.9 Å². The fourth-order valence-corrected chi connectivity index (χ4v) is 16.3. The summed E-state index contributed by atoms with van der Waals surface area (Å²) in [7, 11) is 5.49. The predicted molar refractivity (Wildman–Crippen MR) is 458 cm³/mol. The molecule has 0 unspecified atom stereocenters. The number of aliphatic imine (C=N–C) groups is 2. The van der Waals surface area contributed by atoms with Crippen LogP contribution in [-0.4, -0.2) is 142 Å². The molecule has 11 heterocycles. The molecule has 8 aliphatic rings. The summed E-state index contributed by atoms with van der Waals surface area (Å²) in [5, 5.41) is 22.9. The minimum absolute atomic E-state index is 0. The molecule has 126 heavy (non-hydrogen) atoms. The number of carbonyl (C=O) groups is 6. The molecule has 29 nitrogen and oxygen atoms in total. The van der Waals surface area contributed by atoms with Gasteiger partial charge in [-0.1, -0.05) is 36.4 Å². The van der Waals surface area contributed by atoms with Gasteiger partial charge < -0.3 is 60.4 Å². The summed E-state index contributed by atoms with van der Waals surface area (Å²) in [6, 6.07) is 31.6. The fraction of sp³-hybridized carbons (Fsp3) is 0.269. The summed E-state index contributed by atoms with van der Waals surface area (Å²) in [4.78, 5) is 102. The van der Waals surface area contributed by atoms with Crippen molar-refractivity contribution in [2.45, 2.75) is 103 Å². The molecule has 0 radical (unpaired) electrons. The molecule has 33 heteroatoms. The van der Waals surface area contributed by atoms with Gasteiger partial charge in [-0.3, -0.25) is 42.8 Å². The molecule has 0 bridgehead atoms. The number of pyridine rings is 3. The van der Waals surface area contributed by atoms with Gasteiger partial charge in [0.05, 0.1) is 84.6 Å². The molecule has 0 atom stereocenters. The normalized spacial score (nSPS) is 15.2. The molecule has 5 aliphatic heterocycles. The van der Waals surface area contributed by atoms with Crippen LogP contribution >= 0.6 is 0 Å². The van der Waals surface area contributed by atoms with Gasteiger partial charge in [0.25, 0.3) is 17.7 Å². The summed E-state index contributed by atoms with van der Waals surface area (Å²) < 4.78 is 79.4. The van der Waals surface area contributed by atoms with E-state index in [-0.39, 0.29) is 129 Å². The smallest absolute Gasteiger partial charge is 0.870 e. The van der Waals surface area contributed by atoms with E-state index in [0.717, 1.165) is 117 Å². The Morgan fingerprint density at radius 3 is 1.21 bits per heavy atom. The van der Waals surface area contributed by atoms with Gasteiger partial charge in [0.2, 0.25) is 0 Å². The Labute approximate surface area is 733 Å². The zero-order chi connectivity index (χ0) is 86.3. The number of nitrogens with two attached hydrogens (primary N) is 2. The Kier molecular flexibility index (Phi) is 25.4. The first-order chi connectivity index (χ1) is 60.1. The Bertz CT molecular complexity index is 6380. The molecular formula is C93H86F3LiN16O13. The minimum atomic E-state index is -0.606. The Morgan fingerprint density at radius 1 is 0.500 bits per heavy atom. The number of anilines is 5. The monoisotopic (exact) mass is 1700 g/mol. The van der Waals surface area contributed by atoms with Gasteiger partial charge >= 0.3 is 30.8 Å². The zero-order valence-electron chi connectivity index (χ0n) is 69.9. The van der Waals surface area contributed by atoms with Gasteiger partial charge in [0.1, 0.15) is 90.2 Å². The van der Waals surface area contributed by atoms with Crippen LogP contribution in [0.5, 0.6) is 17.2 Å². The predicted octanol–water partition coefficient (Wildman–Crippen LogP) is 11.1. The number of aromatic nitrogens is 9. The number of aldehydes is 1. The molecule has 3 fully saturated rings. The number of amides is 3. The molecule has 0 spiro atoms. The number of aryl methyl sites for hydroxylation is 3. The van der Waals surface area contributed by atoms with E-state index in [2.05, 4.69) is 30.2 Å². The number of ether oxygens (including phenoxy) is 5. The van der Waals surface area contributed by atoms with Crippen LogP contribution in [0, 0.1) is 17.5 Å². The first kappa shape index (κ1) is 87.0. The second kappa shape index (κ2) is 36.9. The third-order valence-electron chi connectivity index (χ3n) is 22.9. The van der Waals surface area contributed by atoms with E-state index in [1.54, 1.807) is 107 Å². The SMILES string of the molecule is CC(=O)OCc1c(-c2ccnc(N)c2N)cccc1N1CCOc2cc(C3CC3)cc(F)c2C1=O.CC(=O)OCc1c(-c2ccnc3c2CC(c2cnn(C)c2)=N3)cccc1N1CCOc2cc(C3CC3)cc(F)c2C1=O.Cn1cc(C2=Nc3nccc(-c4cccc(N5CCOc6cc(C7CC7)cc(F)c6C5=O)c4CO)c3C2)cn1.Cn1cc(C=O)cn1.[Li+].[OH-]. The maximum atomic E-state index is 15.4. The molecule has 6 aromatic carbocycles. The maximum absolute atomic E-state index is 15.4. The number of carbonyl (C=O) groups excluding carboxylic acids is 6. The number of aliphatic hydroxyl groups is 1. The molecule has 3 aliphatic carbocycles. The van der Waals surface area contributed by atoms with Crippen LogP contribution in [0.25, 0.3) is 33.4 Å². The third kappa shape index (κ3) is 18.0. The van der Waals surface area contributed by atoms with E-state index in [0.29, 0.717) is 92.7 Å². The molecule has 3 saturated carbocycles. The summed E-state index contributed by atoms with van der Waals surface area (Å²) in [5.41, 5.74) is 28.5. The molecule has 0 saturated heterocycles. The number of aliphatic hydroxyl groups excluding tert-OH is 1.